The number of methoxy groups -OCH3 is 1. The Hall–Kier alpha value is -4.38. The Morgan fingerprint density at radius 3 is 2.66 bits per heavy atom. The zero-order chi connectivity index (χ0) is 29.1. The van der Waals surface area contributed by atoms with E-state index in [0.717, 1.165) is 30.6 Å². The van der Waals surface area contributed by atoms with Gasteiger partial charge in [0, 0.05) is 5.56 Å². The van der Waals surface area contributed by atoms with Gasteiger partial charge in [-0.15, -0.1) is 0 Å². The van der Waals surface area contributed by atoms with Crippen molar-refractivity contribution in [2.45, 2.75) is 39.2 Å². The Labute approximate surface area is 241 Å². The van der Waals surface area contributed by atoms with Crippen LogP contribution in [0.3, 0.4) is 0 Å². The molecule has 0 saturated carbocycles. The number of aromatic nitrogens is 1. The highest BCUT2D eigenvalue weighted by molar-refractivity contribution is 7.17. The SMILES string of the molecule is CCCCCOc1cccc(C2C(=C(O)c3ccc4c(c3)OCCO4)C(=O)C(=O)N2c2nc(C)c(C(=O)OC)s2)c1. The van der Waals surface area contributed by atoms with Crippen LogP contribution in [-0.4, -0.2) is 54.7 Å². The number of unbranched alkanes of at least 4 members (excludes halogenated alkanes) is 2. The molecule has 1 amide bonds. The first-order valence-corrected chi connectivity index (χ1v) is 14.1. The van der Waals surface area contributed by atoms with E-state index in [4.69, 9.17) is 18.9 Å². The van der Waals surface area contributed by atoms with Gasteiger partial charge in [0.15, 0.2) is 16.6 Å². The Morgan fingerprint density at radius 2 is 1.90 bits per heavy atom. The van der Waals surface area contributed by atoms with Gasteiger partial charge in [-0.05, 0) is 49.2 Å². The third-order valence-electron chi connectivity index (χ3n) is 6.81. The van der Waals surface area contributed by atoms with Crippen LogP contribution in [0.25, 0.3) is 5.76 Å². The molecule has 1 atom stereocenters. The monoisotopic (exact) mass is 578 g/mol. The number of aliphatic hydroxyl groups excluding tert-OH is 1. The average Bonchev–Trinajstić information content (AvgIpc) is 3.50. The topological polar surface area (TPSA) is 124 Å². The van der Waals surface area contributed by atoms with Crippen LogP contribution >= 0.6 is 11.3 Å². The molecule has 3 heterocycles. The zero-order valence-electron chi connectivity index (χ0n) is 23.0. The number of benzene rings is 2. The number of amides is 1. The molecule has 2 aliphatic heterocycles. The van der Waals surface area contributed by atoms with Crippen LogP contribution in [0, 0.1) is 6.92 Å². The summed E-state index contributed by atoms with van der Waals surface area (Å²) < 4.78 is 22.0. The Balaban J connectivity index is 1.63. The van der Waals surface area contributed by atoms with E-state index in [-0.39, 0.29) is 26.9 Å². The molecule has 1 aromatic heterocycles. The van der Waals surface area contributed by atoms with Crippen LogP contribution < -0.4 is 19.1 Å². The number of ketones is 1. The van der Waals surface area contributed by atoms with Crippen molar-refractivity contribution in [2.24, 2.45) is 0 Å². The van der Waals surface area contributed by atoms with Gasteiger partial charge in [0.1, 0.15) is 29.6 Å². The first-order valence-electron chi connectivity index (χ1n) is 13.3. The van der Waals surface area contributed by atoms with Crippen molar-refractivity contribution < 1.29 is 38.4 Å². The van der Waals surface area contributed by atoms with E-state index >= 15 is 0 Å². The number of hydrogen-bond acceptors (Lipinski definition) is 10. The molecule has 1 N–H and O–H groups in total. The van der Waals surface area contributed by atoms with Gasteiger partial charge in [0.05, 0.1) is 31.0 Å². The van der Waals surface area contributed by atoms with Crippen LogP contribution in [-0.2, 0) is 14.3 Å². The molecule has 1 unspecified atom stereocenters. The molecule has 0 aliphatic carbocycles. The van der Waals surface area contributed by atoms with Gasteiger partial charge >= 0.3 is 11.9 Å². The predicted octanol–water partition coefficient (Wildman–Crippen LogP) is 5.20. The summed E-state index contributed by atoms with van der Waals surface area (Å²) in [6, 6.07) is 10.8. The number of Topliss-reactive ketones (excluding diaryl/α,β-unsaturated/α-hetero) is 1. The third kappa shape index (κ3) is 5.49. The molecule has 0 bridgehead atoms. The van der Waals surface area contributed by atoms with Crippen molar-refractivity contribution >= 4 is 39.9 Å². The van der Waals surface area contributed by atoms with Gasteiger partial charge in [-0.3, -0.25) is 14.5 Å². The Bertz CT molecular complexity index is 1530. The molecule has 11 heteroatoms. The number of thiazole rings is 1. The van der Waals surface area contributed by atoms with Crippen LogP contribution in [0.2, 0.25) is 0 Å². The van der Waals surface area contributed by atoms with Gasteiger partial charge in [-0.2, -0.15) is 0 Å². The lowest BCUT2D eigenvalue weighted by atomic mass is 9.95. The number of ether oxygens (including phenoxy) is 4. The molecular formula is C30H30N2O8S. The van der Waals surface area contributed by atoms with E-state index in [1.54, 1.807) is 49.4 Å². The fourth-order valence-corrected chi connectivity index (χ4v) is 5.79. The van der Waals surface area contributed by atoms with Gasteiger partial charge in [0.25, 0.3) is 5.78 Å². The summed E-state index contributed by atoms with van der Waals surface area (Å²) >= 11 is 0.941. The summed E-state index contributed by atoms with van der Waals surface area (Å²) in [6.45, 7) is 5.00. The average molecular weight is 579 g/mol. The number of aryl methyl sites for hydroxylation is 1. The fourth-order valence-electron chi connectivity index (χ4n) is 4.78. The van der Waals surface area contributed by atoms with Crippen LogP contribution in [0.15, 0.2) is 48.0 Å². The van der Waals surface area contributed by atoms with Gasteiger partial charge < -0.3 is 24.1 Å². The zero-order valence-corrected chi connectivity index (χ0v) is 23.8. The number of carbonyl (C=O) groups is 3. The first-order chi connectivity index (χ1) is 19.8. The van der Waals surface area contributed by atoms with Crippen molar-refractivity contribution in [2.75, 3.05) is 31.8 Å². The predicted molar refractivity (Wildman–Crippen MR) is 152 cm³/mol. The quantitative estimate of drug-likeness (QED) is 0.120. The minimum Gasteiger partial charge on any atom is -0.507 e. The maximum atomic E-state index is 13.6. The molecule has 41 heavy (non-hydrogen) atoms. The molecule has 2 aliphatic rings. The lowest BCUT2D eigenvalue weighted by molar-refractivity contribution is -0.132. The van der Waals surface area contributed by atoms with Crippen LogP contribution in [0.5, 0.6) is 17.2 Å². The second kappa shape index (κ2) is 12.0. The second-order valence-corrected chi connectivity index (χ2v) is 10.5. The normalized spacial score (nSPS) is 17.5. The lowest BCUT2D eigenvalue weighted by Crippen LogP contribution is -2.29. The van der Waals surface area contributed by atoms with E-state index in [1.807, 2.05) is 0 Å². The van der Waals surface area contributed by atoms with Crippen molar-refractivity contribution in [3.05, 3.63) is 69.7 Å². The van der Waals surface area contributed by atoms with Gasteiger partial charge in [-0.1, -0.05) is 43.2 Å². The highest BCUT2D eigenvalue weighted by Gasteiger charge is 2.48. The van der Waals surface area contributed by atoms with Crippen LogP contribution in [0.1, 0.15) is 58.7 Å². The van der Waals surface area contributed by atoms with E-state index in [0.29, 0.717) is 48.3 Å². The molecule has 1 saturated heterocycles. The second-order valence-electron chi connectivity index (χ2n) is 9.56. The molecule has 10 nitrogen and oxygen atoms in total. The third-order valence-corrected chi connectivity index (χ3v) is 7.95. The molecule has 214 valence electrons. The fraction of sp³-hybridized carbons (Fsp3) is 0.333. The minimum atomic E-state index is -1.04. The van der Waals surface area contributed by atoms with E-state index in [1.165, 1.54) is 12.0 Å². The smallest absolute Gasteiger partial charge is 0.350 e. The number of hydrogen-bond donors (Lipinski definition) is 1. The molecular weight excluding hydrogens is 548 g/mol. The molecule has 0 spiro atoms. The van der Waals surface area contributed by atoms with Gasteiger partial charge in [-0.25, -0.2) is 9.78 Å². The molecule has 5 rings (SSSR count). The van der Waals surface area contributed by atoms with E-state index < -0.39 is 23.7 Å². The van der Waals surface area contributed by atoms with E-state index in [9.17, 15) is 19.5 Å². The lowest BCUT2D eigenvalue weighted by Gasteiger charge is -2.24. The maximum Gasteiger partial charge on any atom is 0.350 e. The first kappa shape index (κ1) is 28.2. The summed E-state index contributed by atoms with van der Waals surface area (Å²) in [5.74, 6) is -1.23. The van der Waals surface area contributed by atoms with E-state index in [2.05, 4.69) is 11.9 Å². The van der Waals surface area contributed by atoms with Crippen molar-refractivity contribution in [3.63, 3.8) is 0 Å². The standard InChI is InChI=1S/C30H30N2O8S/c1-4-5-6-12-38-20-9-7-8-18(15-20)24-23(25(33)19-10-11-21-22(16-19)40-14-13-39-21)26(34)28(35)32(24)30-31-17(2)27(41-30)29(36)37-3/h7-11,15-16,24,33H,4-6,12-14H2,1-3H3. The molecule has 2 aromatic carbocycles. The van der Waals surface area contributed by atoms with Crippen molar-refractivity contribution in [1.82, 2.24) is 4.98 Å². The van der Waals surface area contributed by atoms with Crippen molar-refractivity contribution in [3.8, 4) is 17.2 Å². The number of aliphatic hydroxyl groups is 1. The van der Waals surface area contributed by atoms with Gasteiger partial charge in [0.2, 0.25) is 0 Å². The Morgan fingerprint density at radius 1 is 1.12 bits per heavy atom. The summed E-state index contributed by atoms with van der Waals surface area (Å²) in [6.07, 6.45) is 2.97. The molecule has 0 radical (unpaired) electrons. The number of esters is 1. The number of fused-ring (bicyclic) bond motifs is 1. The van der Waals surface area contributed by atoms with Crippen molar-refractivity contribution in [1.29, 1.82) is 0 Å². The minimum absolute atomic E-state index is 0.123. The Kier molecular flexibility index (Phi) is 8.25. The largest absolute Gasteiger partial charge is 0.507 e. The summed E-state index contributed by atoms with van der Waals surface area (Å²) in [4.78, 5) is 45.3. The summed E-state index contributed by atoms with van der Waals surface area (Å²) in [7, 11) is 1.26. The number of nitrogens with zero attached hydrogens (tertiary/aromatic N) is 2. The summed E-state index contributed by atoms with van der Waals surface area (Å²) in [5.41, 5.74) is 1.05. The van der Waals surface area contributed by atoms with Crippen LogP contribution in [0.4, 0.5) is 5.13 Å². The molecule has 3 aromatic rings. The number of rotatable bonds is 9. The maximum absolute atomic E-state index is 13.6. The highest BCUT2D eigenvalue weighted by atomic mass is 32.1. The number of anilines is 1. The summed E-state index contributed by atoms with van der Waals surface area (Å²) in [5, 5.41) is 11.7. The number of carbonyl (C=O) groups excluding carboxylic acids is 3. The highest BCUT2D eigenvalue weighted by Crippen LogP contribution is 2.45. The molecule has 1 fully saturated rings.